The Labute approximate surface area is 163 Å². The van der Waals surface area contributed by atoms with Crippen LogP contribution < -0.4 is 4.90 Å². The molecule has 0 saturated heterocycles. The summed E-state index contributed by atoms with van der Waals surface area (Å²) in [5, 5.41) is 0. The molecule has 1 amide bonds. The first-order valence-corrected chi connectivity index (χ1v) is 9.91. The maximum Gasteiger partial charge on any atom is 0.414 e. The molecule has 0 saturated carbocycles. The van der Waals surface area contributed by atoms with Crippen molar-refractivity contribution in [2.75, 3.05) is 11.4 Å². The molecule has 2 aliphatic rings. The van der Waals surface area contributed by atoms with Crippen LogP contribution in [0.4, 0.5) is 10.5 Å². The molecule has 0 fully saturated rings. The minimum atomic E-state index is -0.441. The Morgan fingerprint density at radius 1 is 0.889 bits per heavy atom. The highest BCUT2D eigenvalue weighted by Gasteiger charge is 2.28. The maximum absolute atomic E-state index is 12.0. The van der Waals surface area contributed by atoms with Gasteiger partial charge in [-0.05, 0) is 88.6 Å². The average Bonchev–Trinajstić information content (AvgIpc) is 3.19. The fourth-order valence-electron chi connectivity index (χ4n) is 3.70. The SMILES string of the molecule is Cc1ccc2c(c1)CCC2.Cc1ccc2c(c1)N(C(=O)OC(C)(C)C)CC2. The zero-order valence-electron chi connectivity index (χ0n) is 17.3. The van der Waals surface area contributed by atoms with Crippen molar-refractivity contribution in [1.82, 2.24) is 0 Å². The largest absolute Gasteiger partial charge is 0.443 e. The van der Waals surface area contributed by atoms with E-state index in [1.165, 1.54) is 36.0 Å². The first kappa shape index (κ1) is 19.5. The summed E-state index contributed by atoms with van der Waals surface area (Å²) >= 11 is 0. The third kappa shape index (κ3) is 4.91. The molecule has 4 rings (SSSR count). The van der Waals surface area contributed by atoms with Crippen LogP contribution >= 0.6 is 0 Å². The van der Waals surface area contributed by atoms with Crippen LogP contribution in [-0.2, 0) is 24.0 Å². The summed E-state index contributed by atoms with van der Waals surface area (Å²) in [6.07, 6.45) is 4.63. The Balaban J connectivity index is 0.000000177. The highest BCUT2D eigenvalue weighted by Crippen LogP contribution is 2.30. The van der Waals surface area contributed by atoms with E-state index >= 15 is 0 Å². The van der Waals surface area contributed by atoms with Crippen molar-refractivity contribution in [2.45, 2.75) is 65.9 Å². The second-order valence-corrected chi connectivity index (χ2v) is 8.64. The second kappa shape index (κ2) is 7.75. The fourth-order valence-corrected chi connectivity index (χ4v) is 3.70. The van der Waals surface area contributed by atoms with Gasteiger partial charge in [-0.1, -0.05) is 35.9 Å². The molecule has 0 N–H and O–H groups in total. The molecule has 0 radical (unpaired) electrons. The standard InChI is InChI=1S/C14H19NO2.C10H12/c1-10-5-6-11-7-8-15(12(11)9-10)13(16)17-14(2,3)4;1-8-5-6-9-3-2-4-10(9)7-8/h5-6,9H,7-8H2,1-4H3;5-7H,2-4H2,1H3. The molecule has 1 heterocycles. The smallest absolute Gasteiger partial charge is 0.414 e. The van der Waals surface area contributed by atoms with Crippen molar-refractivity contribution in [3.05, 3.63) is 64.2 Å². The maximum atomic E-state index is 12.0. The highest BCUT2D eigenvalue weighted by molar-refractivity contribution is 5.90. The molecule has 2 aromatic rings. The van der Waals surface area contributed by atoms with Crippen molar-refractivity contribution in [3.8, 4) is 0 Å². The molecule has 144 valence electrons. The van der Waals surface area contributed by atoms with Crippen LogP contribution in [0.5, 0.6) is 0 Å². The number of carbonyl (C=O) groups excluding carboxylic acids is 1. The van der Waals surface area contributed by atoms with Gasteiger partial charge >= 0.3 is 6.09 Å². The quantitative estimate of drug-likeness (QED) is 0.592. The molecule has 1 aliphatic heterocycles. The fraction of sp³-hybridized carbons (Fsp3) is 0.458. The van der Waals surface area contributed by atoms with Crippen LogP contribution in [0, 0.1) is 13.8 Å². The Kier molecular flexibility index (Phi) is 5.59. The van der Waals surface area contributed by atoms with E-state index in [0.717, 1.165) is 12.1 Å². The topological polar surface area (TPSA) is 29.5 Å². The van der Waals surface area contributed by atoms with Gasteiger partial charge in [-0.3, -0.25) is 4.90 Å². The predicted octanol–water partition coefficient (Wildman–Crippen LogP) is 5.78. The van der Waals surface area contributed by atoms with Gasteiger partial charge in [0.2, 0.25) is 0 Å². The second-order valence-electron chi connectivity index (χ2n) is 8.64. The third-order valence-corrected chi connectivity index (χ3v) is 5.00. The third-order valence-electron chi connectivity index (χ3n) is 5.00. The minimum absolute atomic E-state index is 0.248. The van der Waals surface area contributed by atoms with Crippen LogP contribution in [-0.4, -0.2) is 18.2 Å². The number of ether oxygens (including phenoxy) is 1. The molecule has 3 nitrogen and oxygen atoms in total. The molecule has 2 aromatic carbocycles. The average molecular weight is 366 g/mol. The van der Waals surface area contributed by atoms with Gasteiger partial charge in [-0.25, -0.2) is 4.79 Å². The number of fused-ring (bicyclic) bond motifs is 2. The van der Waals surface area contributed by atoms with Gasteiger partial charge in [0.15, 0.2) is 0 Å². The number of amides is 1. The van der Waals surface area contributed by atoms with E-state index < -0.39 is 5.60 Å². The molecular formula is C24H31NO2. The van der Waals surface area contributed by atoms with Gasteiger partial charge < -0.3 is 4.74 Å². The first-order valence-electron chi connectivity index (χ1n) is 9.91. The van der Waals surface area contributed by atoms with Crippen molar-refractivity contribution >= 4 is 11.8 Å². The monoisotopic (exact) mass is 365 g/mol. The Bertz CT molecular complexity index is 833. The number of nitrogens with zero attached hydrogens (tertiary/aromatic N) is 1. The van der Waals surface area contributed by atoms with Crippen LogP contribution in [0.25, 0.3) is 0 Å². The first-order chi connectivity index (χ1) is 12.7. The molecule has 1 aliphatic carbocycles. The van der Waals surface area contributed by atoms with Gasteiger partial charge in [-0.2, -0.15) is 0 Å². The lowest BCUT2D eigenvalue weighted by Crippen LogP contribution is -2.35. The number of hydrogen-bond acceptors (Lipinski definition) is 2. The van der Waals surface area contributed by atoms with E-state index in [-0.39, 0.29) is 6.09 Å². The molecule has 0 unspecified atom stereocenters. The molecule has 0 aromatic heterocycles. The number of aryl methyl sites for hydroxylation is 4. The molecule has 0 atom stereocenters. The van der Waals surface area contributed by atoms with E-state index in [1.807, 2.05) is 33.8 Å². The minimum Gasteiger partial charge on any atom is -0.443 e. The van der Waals surface area contributed by atoms with Gasteiger partial charge in [0, 0.05) is 6.54 Å². The van der Waals surface area contributed by atoms with E-state index in [9.17, 15) is 4.79 Å². The van der Waals surface area contributed by atoms with E-state index in [4.69, 9.17) is 4.74 Å². The molecule has 0 bridgehead atoms. The number of rotatable bonds is 0. The van der Waals surface area contributed by atoms with E-state index in [0.29, 0.717) is 6.54 Å². The van der Waals surface area contributed by atoms with Crippen molar-refractivity contribution < 1.29 is 9.53 Å². The van der Waals surface area contributed by atoms with Crippen LogP contribution in [0.1, 0.15) is 55.0 Å². The van der Waals surface area contributed by atoms with Gasteiger partial charge in [0.05, 0.1) is 5.69 Å². The summed E-state index contributed by atoms with van der Waals surface area (Å²) in [5.41, 5.74) is 7.51. The lowest BCUT2D eigenvalue weighted by molar-refractivity contribution is 0.0584. The normalized spacial score (nSPS) is 14.9. The predicted molar refractivity (Wildman–Crippen MR) is 112 cm³/mol. The van der Waals surface area contributed by atoms with Crippen molar-refractivity contribution in [1.29, 1.82) is 0 Å². The number of carbonyl (C=O) groups is 1. The molecular weight excluding hydrogens is 334 g/mol. The van der Waals surface area contributed by atoms with Gasteiger partial charge in [0.1, 0.15) is 5.60 Å². The highest BCUT2D eigenvalue weighted by atomic mass is 16.6. The van der Waals surface area contributed by atoms with Gasteiger partial charge in [-0.15, -0.1) is 0 Å². The molecule has 3 heteroatoms. The Morgan fingerprint density at radius 2 is 1.52 bits per heavy atom. The zero-order valence-corrected chi connectivity index (χ0v) is 17.3. The number of benzene rings is 2. The van der Waals surface area contributed by atoms with Crippen LogP contribution in [0.15, 0.2) is 36.4 Å². The lowest BCUT2D eigenvalue weighted by Gasteiger charge is -2.24. The summed E-state index contributed by atoms with van der Waals surface area (Å²) < 4.78 is 5.41. The lowest BCUT2D eigenvalue weighted by atomic mass is 10.1. The molecule has 27 heavy (non-hydrogen) atoms. The van der Waals surface area contributed by atoms with Crippen molar-refractivity contribution in [3.63, 3.8) is 0 Å². The van der Waals surface area contributed by atoms with E-state index in [1.54, 1.807) is 16.0 Å². The summed E-state index contributed by atoms with van der Waals surface area (Å²) in [7, 11) is 0. The number of hydrogen-bond donors (Lipinski definition) is 0. The Hall–Kier alpha value is -2.29. The Morgan fingerprint density at radius 3 is 2.22 bits per heavy atom. The van der Waals surface area contributed by atoms with Crippen LogP contribution in [0.3, 0.4) is 0 Å². The summed E-state index contributed by atoms with van der Waals surface area (Å²) in [6.45, 7) is 10.6. The van der Waals surface area contributed by atoms with Crippen LogP contribution in [0.2, 0.25) is 0 Å². The number of anilines is 1. The van der Waals surface area contributed by atoms with Gasteiger partial charge in [0.25, 0.3) is 0 Å². The summed E-state index contributed by atoms with van der Waals surface area (Å²) in [6, 6.07) is 13.0. The summed E-state index contributed by atoms with van der Waals surface area (Å²) in [5.74, 6) is 0. The van der Waals surface area contributed by atoms with E-state index in [2.05, 4.69) is 37.3 Å². The summed E-state index contributed by atoms with van der Waals surface area (Å²) in [4.78, 5) is 13.8. The zero-order chi connectivity index (χ0) is 19.6. The molecule has 0 spiro atoms. The van der Waals surface area contributed by atoms with Crippen molar-refractivity contribution in [2.24, 2.45) is 0 Å².